The molecule has 1 aliphatic rings. The van der Waals surface area contributed by atoms with E-state index in [4.69, 9.17) is 4.74 Å². The summed E-state index contributed by atoms with van der Waals surface area (Å²) >= 11 is 0. The Kier molecular flexibility index (Phi) is 8.13. The molecule has 0 aliphatic carbocycles. The highest BCUT2D eigenvalue weighted by Gasteiger charge is 2.31. The zero-order valence-corrected chi connectivity index (χ0v) is 23.9. The molecule has 0 amide bonds. The van der Waals surface area contributed by atoms with Gasteiger partial charge in [0.1, 0.15) is 11.3 Å². The molecule has 214 valence electrons. The van der Waals surface area contributed by atoms with E-state index in [0.717, 1.165) is 29.5 Å². The molecule has 4 aromatic rings. The molecule has 0 saturated carbocycles. The molecule has 8 heteroatoms. The molecule has 2 heterocycles. The largest absolute Gasteiger partial charge is 0.492 e. The minimum absolute atomic E-state index is 0.0146. The minimum atomic E-state index is -1.36. The van der Waals surface area contributed by atoms with Gasteiger partial charge in [0.25, 0.3) is 0 Å². The molecule has 0 bridgehead atoms. The van der Waals surface area contributed by atoms with Crippen LogP contribution < -0.4 is 15.1 Å². The summed E-state index contributed by atoms with van der Waals surface area (Å²) in [7, 11) is 5.59. The Morgan fingerprint density at radius 1 is 1.12 bits per heavy atom. The number of aromatic carboxylic acids is 1. The fourth-order valence-electron chi connectivity index (χ4n) is 5.85. The number of hydrogen-bond donors (Lipinski definition) is 1. The number of nitrogens with zero attached hydrogens (tertiary/aromatic N) is 3. The van der Waals surface area contributed by atoms with Gasteiger partial charge in [-0.15, -0.1) is 0 Å². The van der Waals surface area contributed by atoms with E-state index in [2.05, 4.69) is 25.9 Å². The Bertz CT molecular complexity index is 1630. The number of benzene rings is 3. The zero-order chi connectivity index (χ0) is 29.3. The lowest BCUT2D eigenvalue weighted by molar-refractivity contribution is 0.0694. The van der Waals surface area contributed by atoms with Gasteiger partial charge >= 0.3 is 5.97 Å². The van der Waals surface area contributed by atoms with Crippen LogP contribution in [-0.2, 0) is 6.54 Å². The average molecular weight is 558 g/mol. The standard InChI is InChI=1S/C33H36FN3O4/c1-21(35(2)3)15-23-13-14-36(18-23)30-28(34)17-26-29(32(30)41-4)37(20-27(31(26)38)33(39)40)19-22-9-8-12-25(16-22)24-10-6-5-7-11-24/h5-12,16-17,20-21,23H,13-15,18-19H2,1-4H3,(H,39,40)/t21?,23-/m0/s1. The first-order valence-corrected chi connectivity index (χ1v) is 13.9. The zero-order valence-electron chi connectivity index (χ0n) is 23.9. The molecule has 2 atom stereocenters. The number of pyridine rings is 1. The maximum absolute atomic E-state index is 15.8. The smallest absolute Gasteiger partial charge is 0.341 e. The van der Waals surface area contributed by atoms with Gasteiger partial charge in [0.15, 0.2) is 11.6 Å². The van der Waals surface area contributed by atoms with Crippen molar-refractivity contribution in [1.82, 2.24) is 9.47 Å². The van der Waals surface area contributed by atoms with Crippen LogP contribution in [0.2, 0.25) is 0 Å². The number of hydrogen-bond acceptors (Lipinski definition) is 5. The molecule has 41 heavy (non-hydrogen) atoms. The van der Waals surface area contributed by atoms with Crippen LogP contribution >= 0.6 is 0 Å². The SMILES string of the molecule is COc1c(N2CC[C@@H](CC(C)N(C)C)C2)c(F)cc2c(=O)c(C(=O)O)cn(Cc3cccc(-c4ccccc4)c3)c12. The predicted molar refractivity (Wildman–Crippen MR) is 161 cm³/mol. The number of fused-ring (bicyclic) bond motifs is 1. The second-order valence-corrected chi connectivity index (χ2v) is 11.2. The van der Waals surface area contributed by atoms with Crippen molar-refractivity contribution in [2.24, 2.45) is 5.92 Å². The summed E-state index contributed by atoms with van der Waals surface area (Å²) in [5, 5.41) is 9.81. The van der Waals surface area contributed by atoms with E-state index in [-0.39, 0.29) is 17.7 Å². The van der Waals surface area contributed by atoms with Gasteiger partial charge in [0.05, 0.1) is 18.0 Å². The predicted octanol–water partition coefficient (Wildman–Crippen LogP) is 5.73. The van der Waals surface area contributed by atoms with Gasteiger partial charge < -0.3 is 24.2 Å². The molecule has 0 spiro atoms. The van der Waals surface area contributed by atoms with Gasteiger partial charge in [-0.2, -0.15) is 0 Å². The number of halogens is 1. The molecule has 1 fully saturated rings. The normalized spacial score (nSPS) is 16.0. The van der Waals surface area contributed by atoms with Gasteiger partial charge in [-0.3, -0.25) is 4.79 Å². The summed E-state index contributed by atoms with van der Waals surface area (Å²) in [6, 6.07) is 19.5. The lowest BCUT2D eigenvalue weighted by atomic mass is 9.99. The summed E-state index contributed by atoms with van der Waals surface area (Å²) in [6.45, 7) is 3.79. The van der Waals surface area contributed by atoms with Crippen molar-refractivity contribution in [2.45, 2.75) is 32.4 Å². The van der Waals surface area contributed by atoms with Crippen LogP contribution in [0.4, 0.5) is 10.1 Å². The van der Waals surface area contributed by atoms with Crippen molar-refractivity contribution in [1.29, 1.82) is 0 Å². The number of carboxylic acids is 1. The molecule has 1 aromatic heterocycles. The molecular formula is C33H36FN3O4. The second kappa shape index (κ2) is 11.7. The third-order valence-electron chi connectivity index (χ3n) is 8.22. The first kappa shape index (κ1) is 28.4. The van der Waals surface area contributed by atoms with Gasteiger partial charge in [0.2, 0.25) is 5.43 Å². The van der Waals surface area contributed by atoms with E-state index in [9.17, 15) is 14.7 Å². The highest BCUT2D eigenvalue weighted by molar-refractivity contribution is 5.97. The number of carbonyl (C=O) groups is 1. The van der Waals surface area contributed by atoms with Crippen molar-refractivity contribution in [3.05, 3.63) is 94.0 Å². The molecule has 0 radical (unpaired) electrons. The molecule has 5 rings (SSSR count). The van der Waals surface area contributed by atoms with Crippen molar-refractivity contribution in [3.63, 3.8) is 0 Å². The third-order valence-corrected chi connectivity index (χ3v) is 8.22. The quantitative estimate of drug-likeness (QED) is 0.283. The summed E-state index contributed by atoms with van der Waals surface area (Å²) < 4.78 is 23.4. The van der Waals surface area contributed by atoms with Crippen LogP contribution in [0.3, 0.4) is 0 Å². The van der Waals surface area contributed by atoms with Gasteiger partial charge in [-0.25, -0.2) is 9.18 Å². The molecule has 7 nitrogen and oxygen atoms in total. The fourth-order valence-corrected chi connectivity index (χ4v) is 5.85. The van der Waals surface area contributed by atoms with E-state index in [1.165, 1.54) is 19.4 Å². The second-order valence-electron chi connectivity index (χ2n) is 11.2. The molecule has 1 N–H and O–H groups in total. The Morgan fingerprint density at radius 2 is 1.85 bits per heavy atom. The Hall–Kier alpha value is -4.17. The van der Waals surface area contributed by atoms with Gasteiger partial charge in [-0.1, -0.05) is 48.5 Å². The van der Waals surface area contributed by atoms with E-state index in [1.807, 2.05) is 59.5 Å². The molecule has 1 saturated heterocycles. The number of carboxylic acid groups (broad SMARTS) is 1. The van der Waals surface area contributed by atoms with Crippen LogP contribution in [0.1, 0.15) is 35.7 Å². The van der Waals surface area contributed by atoms with E-state index in [1.54, 1.807) is 4.57 Å². The topological polar surface area (TPSA) is 75.0 Å². The van der Waals surface area contributed by atoms with Crippen molar-refractivity contribution in [2.75, 3.05) is 39.2 Å². The number of rotatable bonds is 9. The minimum Gasteiger partial charge on any atom is -0.492 e. The van der Waals surface area contributed by atoms with Gasteiger partial charge in [-0.05, 0) is 68.6 Å². The molecule has 3 aromatic carbocycles. The van der Waals surface area contributed by atoms with Crippen LogP contribution in [0.15, 0.2) is 71.7 Å². The van der Waals surface area contributed by atoms with E-state index < -0.39 is 22.8 Å². The van der Waals surface area contributed by atoms with Crippen LogP contribution in [0.5, 0.6) is 5.75 Å². The summed E-state index contributed by atoms with van der Waals surface area (Å²) in [6.07, 6.45) is 3.26. The van der Waals surface area contributed by atoms with E-state index >= 15 is 4.39 Å². The first-order chi connectivity index (χ1) is 19.7. The molecule has 1 unspecified atom stereocenters. The lowest BCUT2D eigenvalue weighted by Crippen LogP contribution is -2.29. The van der Waals surface area contributed by atoms with Crippen molar-refractivity contribution < 1.29 is 19.0 Å². The van der Waals surface area contributed by atoms with Crippen molar-refractivity contribution in [3.8, 4) is 16.9 Å². The Labute approximate surface area is 239 Å². The van der Waals surface area contributed by atoms with Gasteiger partial charge in [0, 0.05) is 31.9 Å². The Morgan fingerprint density at radius 3 is 2.54 bits per heavy atom. The number of anilines is 1. The van der Waals surface area contributed by atoms with Crippen LogP contribution in [0.25, 0.3) is 22.0 Å². The van der Waals surface area contributed by atoms with Crippen LogP contribution in [-0.4, -0.2) is 60.9 Å². The third kappa shape index (κ3) is 5.70. The highest BCUT2D eigenvalue weighted by atomic mass is 19.1. The summed E-state index contributed by atoms with van der Waals surface area (Å²) in [5.74, 6) is -1.31. The fraction of sp³-hybridized carbons (Fsp3) is 0.333. The summed E-state index contributed by atoms with van der Waals surface area (Å²) in [4.78, 5) is 29.5. The number of ether oxygens (including phenoxy) is 1. The highest BCUT2D eigenvalue weighted by Crippen LogP contribution is 2.41. The molecular weight excluding hydrogens is 521 g/mol. The number of aromatic nitrogens is 1. The van der Waals surface area contributed by atoms with E-state index in [0.29, 0.717) is 36.3 Å². The Balaban J connectivity index is 1.62. The molecule has 1 aliphatic heterocycles. The monoisotopic (exact) mass is 557 g/mol. The van der Waals surface area contributed by atoms with Crippen molar-refractivity contribution >= 4 is 22.6 Å². The maximum atomic E-state index is 15.8. The average Bonchev–Trinajstić information content (AvgIpc) is 3.42. The number of methoxy groups -OCH3 is 1. The van der Waals surface area contributed by atoms with Crippen LogP contribution in [0, 0.1) is 11.7 Å². The summed E-state index contributed by atoms with van der Waals surface area (Å²) in [5.41, 5.74) is 2.53. The lowest BCUT2D eigenvalue weighted by Gasteiger charge is -2.26. The maximum Gasteiger partial charge on any atom is 0.341 e. The first-order valence-electron chi connectivity index (χ1n) is 13.9.